The molecular formula is C25H38N6O3. The monoisotopic (exact) mass is 470 g/mol. The first-order valence-corrected chi connectivity index (χ1v) is 12.6. The first kappa shape index (κ1) is 23.4. The van der Waals surface area contributed by atoms with Crippen LogP contribution in [0, 0.1) is 5.41 Å². The third-order valence-electron chi connectivity index (χ3n) is 7.45. The molecule has 0 radical (unpaired) electrons. The summed E-state index contributed by atoms with van der Waals surface area (Å²) in [6.07, 6.45) is 10.1. The van der Waals surface area contributed by atoms with Crippen LogP contribution in [0.15, 0.2) is 18.6 Å². The minimum Gasteiger partial charge on any atom is -0.444 e. The number of nitrogens with two attached hydrogens (primary N) is 1. The van der Waals surface area contributed by atoms with E-state index in [1.165, 1.54) is 19.2 Å². The summed E-state index contributed by atoms with van der Waals surface area (Å²) in [4.78, 5) is 25.7. The van der Waals surface area contributed by atoms with Gasteiger partial charge in [-0.25, -0.2) is 14.8 Å². The molecule has 3 aliphatic rings. The van der Waals surface area contributed by atoms with E-state index in [1.54, 1.807) is 0 Å². The molecule has 1 unspecified atom stereocenters. The molecule has 3 fully saturated rings. The number of hydrogen-bond donors (Lipinski definition) is 1. The third-order valence-corrected chi connectivity index (χ3v) is 7.45. The third kappa shape index (κ3) is 4.86. The van der Waals surface area contributed by atoms with Crippen molar-refractivity contribution >= 4 is 22.9 Å². The van der Waals surface area contributed by atoms with Gasteiger partial charge in [-0.2, -0.15) is 0 Å². The maximum absolute atomic E-state index is 12.7. The number of rotatable bonds is 3. The van der Waals surface area contributed by atoms with E-state index in [1.807, 2.05) is 37.9 Å². The summed E-state index contributed by atoms with van der Waals surface area (Å²) in [6.45, 7) is 10.4. The summed E-state index contributed by atoms with van der Waals surface area (Å²) in [5.41, 5.74) is 6.54. The Morgan fingerprint density at radius 1 is 1.21 bits per heavy atom. The van der Waals surface area contributed by atoms with E-state index < -0.39 is 5.60 Å². The van der Waals surface area contributed by atoms with Crippen LogP contribution < -0.4 is 5.73 Å². The van der Waals surface area contributed by atoms with Crippen LogP contribution in [0.2, 0.25) is 0 Å². The van der Waals surface area contributed by atoms with Gasteiger partial charge in [0.05, 0.1) is 11.5 Å². The average Bonchev–Trinajstić information content (AvgIpc) is 3.40. The van der Waals surface area contributed by atoms with Crippen molar-refractivity contribution in [3.05, 3.63) is 18.6 Å². The number of aromatic nitrogens is 3. The smallest absolute Gasteiger partial charge is 0.410 e. The zero-order valence-corrected chi connectivity index (χ0v) is 20.7. The van der Waals surface area contributed by atoms with Gasteiger partial charge < -0.3 is 29.6 Å². The fourth-order valence-electron chi connectivity index (χ4n) is 6.03. The Morgan fingerprint density at radius 2 is 2.00 bits per heavy atom. The number of nitrogen functional groups attached to an aromatic ring is 1. The van der Waals surface area contributed by atoms with E-state index >= 15 is 0 Å². The Morgan fingerprint density at radius 3 is 2.79 bits per heavy atom. The van der Waals surface area contributed by atoms with E-state index in [0.717, 1.165) is 69.4 Å². The predicted molar refractivity (Wildman–Crippen MR) is 130 cm³/mol. The van der Waals surface area contributed by atoms with Gasteiger partial charge in [-0.15, -0.1) is 0 Å². The predicted octanol–water partition coefficient (Wildman–Crippen LogP) is 3.80. The van der Waals surface area contributed by atoms with Gasteiger partial charge in [0.2, 0.25) is 0 Å². The number of anilines is 1. The molecule has 0 aliphatic carbocycles. The van der Waals surface area contributed by atoms with Gasteiger partial charge in [-0.1, -0.05) is 0 Å². The number of fused-ring (bicyclic) bond motifs is 1. The molecule has 186 valence electrons. The number of ether oxygens (including phenoxy) is 2. The normalized spacial score (nSPS) is 28.6. The maximum atomic E-state index is 12.7. The standard InChI is InChI=1S/C25H38N6O3/c1-24(2,3)34-23(32)30-12-5-10-25(16-30)9-4-11-29(15-25)14-18-6-7-20(33-18)31-13-8-19-21(26)27-17-28-22(19)31/h8,13,17-18,20H,4-7,9-12,14-16H2,1-3H3,(H2,26,27,28)/t18-,20+,25?/m0/s1. The second kappa shape index (κ2) is 9.00. The molecule has 34 heavy (non-hydrogen) atoms. The van der Waals surface area contributed by atoms with Crippen LogP contribution in [-0.2, 0) is 9.47 Å². The number of carbonyl (C=O) groups excluding carboxylic acids is 1. The molecule has 3 saturated heterocycles. The molecule has 2 aromatic rings. The molecule has 5 rings (SSSR count). The van der Waals surface area contributed by atoms with Crippen molar-refractivity contribution in [2.45, 2.75) is 77.2 Å². The minimum absolute atomic E-state index is 0.0205. The van der Waals surface area contributed by atoms with Crippen LogP contribution in [0.1, 0.15) is 65.5 Å². The Kier molecular flexibility index (Phi) is 6.18. The summed E-state index contributed by atoms with van der Waals surface area (Å²) in [5, 5.41) is 0.874. The Labute approximate surface area is 201 Å². The molecule has 3 atom stereocenters. The van der Waals surface area contributed by atoms with Gasteiger partial charge in [-0.3, -0.25) is 0 Å². The van der Waals surface area contributed by atoms with Crippen molar-refractivity contribution in [1.29, 1.82) is 0 Å². The van der Waals surface area contributed by atoms with Crippen molar-refractivity contribution in [3.8, 4) is 0 Å². The number of nitrogens with zero attached hydrogens (tertiary/aromatic N) is 5. The van der Waals surface area contributed by atoms with Crippen LogP contribution in [-0.4, -0.2) is 74.9 Å². The van der Waals surface area contributed by atoms with Crippen molar-refractivity contribution in [3.63, 3.8) is 0 Å². The van der Waals surface area contributed by atoms with Crippen LogP contribution in [0.3, 0.4) is 0 Å². The molecule has 0 bridgehead atoms. The quantitative estimate of drug-likeness (QED) is 0.728. The van der Waals surface area contributed by atoms with Crippen LogP contribution in [0.5, 0.6) is 0 Å². The fourth-order valence-corrected chi connectivity index (χ4v) is 6.03. The summed E-state index contributed by atoms with van der Waals surface area (Å²) >= 11 is 0. The summed E-state index contributed by atoms with van der Waals surface area (Å²) in [6, 6.07) is 1.97. The lowest BCUT2D eigenvalue weighted by Crippen LogP contribution is -2.55. The van der Waals surface area contributed by atoms with Gasteiger partial charge >= 0.3 is 6.09 Å². The number of amides is 1. The number of likely N-dealkylation sites (tertiary alicyclic amines) is 2. The van der Waals surface area contributed by atoms with Gasteiger partial charge in [0, 0.05) is 37.8 Å². The zero-order valence-electron chi connectivity index (χ0n) is 20.7. The molecule has 3 aliphatic heterocycles. The Hall–Kier alpha value is -2.39. The summed E-state index contributed by atoms with van der Waals surface area (Å²) in [5.74, 6) is 0.504. The van der Waals surface area contributed by atoms with E-state index in [4.69, 9.17) is 15.2 Å². The van der Waals surface area contributed by atoms with E-state index in [-0.39, 0.29) is 23.8 Å². The summed E-state index contributed by atoms with van der Waals surface area (Å²) < 4.78 is 14.2. The van der Waals surface area contributed by atoms with Gasteiger partial charge in [0.1, 0.15) is 29.6 Å². The molecule has 1 amide bonds. The average molecular weight is 471 g/mol. The highest BCUT2D eigenvalue weighted by Gasteiger charge is 2.42. The molecule has 0 saturated carbocycles. The molecule has 1 spiro atoms. The van der Waals surface area contributed by atoms with E-state index in [0.29, 0.717) is 5.82 Å². The molecule has 9 heteroatoms. The first-order chi connectivity index (χ1) is 16.2. The molecule has 5 heterocycles. The van der Waals surface area contributed by atoms with Crippen LogP contribution >= 0.6 is 0 Å². The number of hydrogen-bond acceptors (Lipinski definition) is 7. The van der Waals surface area contributed by atoms with Crippen molar-refractivity contribution in [1.82, 2.24) is 24.3 Å². The lowest BCUT2D eigenvalue weighted by molar-refractivity contribution is -0.0411. The van der Waals surface area contributed by atoms with Gasteiger partial charge in [0.25, 0.3) is 0 Å². The highest BCUT2D eigenvalue weighted by molar-refractivity contribution is 5.86. The lowest BCUT2D eigenvalue weighted by Gasteiger charge is -2.48. The first-order valence-electron chi connectivity index (χ1n) is 12.6. The molecular weight excluding hydrogens is 432 g/mol. The zero-order chi connectivity index (χ0) is 23.9. The Bertz CT molecular complexity index is 1030. The highest BCUT2D eigenvalue weighted by Crippen LogP contribution is 2.40. The largest absolute Gasteiger partial charge is 0.444 e. The number of piperidine rings is 2. The van der Waals surface area contributed by atoms with Crippen LogP contribution in [0.25, 0.3) is 11.0 Å². The molecule has 2 aromatic heterocycles. The number of carbonyl (C=O) groups is 1. The maximum Gasteiger partial charge on any atom is 0.410 e. The Balaban J connectivity index is 1.20. The molecule has 0 aromatic carbocycles. The highest BCUT2D eigenvalue weighted by atomic mass is 16.6. The lowest BCUT2D eigenvalue weighted by atomic mass is 9.73. The second-order valence-corrected chi connectivity index (χ2v) is 11.4. The van der Waals surface area contributed by atoms with Crippen LogP contribution in [0.4, 0.5) is 10.6 Å². The van der Waals surface area contributed by atoms with Gasteiger partial charge in [-0.05, 0) is 71.9 Å². The summed E-state index contributed by atoms with van der Waals surface area (Å²) in [7, 11) is 0. The minimum atomic E-state index is -0.459. The van der Waals surface area contributed by atoms with E-state index in [9.17, 15) is 4.79 Å². The van der Waals surface area contributed by atoms with Crippen molar-refractivity contribution < 1.29 is 14.3 Å². The SMILES string of the molecule is CC(C)(C)OC(=O)N1CCCC2(CCCN(C[C@@H]3CC[C@H](n4ccc5c(N)ncnc54)O3)C2)C1. The molecule has 9 nitrogen and oxygen atoms in total. The second-order valence-electron chi connectivity index (χ2n) is 11.4. The topological polar surface area (TPSA) is 98.7 Å². The van der Waals surface area contributed by atoms with E-state index in [2.05, 4.69) is 19.4 Å². The van der Waals surface area contributed by atoms with Crippen molar-refractivity contribution in [2.24, 2.45) is 5.41 Å². The van der Waals surface area contributed by atoms with Crippen molar-refractivity contribution in [2.75, 3.05) is 38.5 Å². The molecule has 2 N–H and O–H groups in total. The van der Waals surface area contributed by atoms with Gasteiger partial charge in [0.15, 0.2) is 0 Å². The fraction of sp³-hybridized carbons (Fsp3) is 0.720.